The van der Waals surface area contributed by atoms with Gasteiger partial charge in [0.2, 0.25) is 0 Å². The number of carbonyl (C=O) groups excluding carboxylic acids is 1. The number of imidazole rings is 1. The quantitative estimate of drug-likeness (QED) is 0.785. The van der Waals surface area contributed by atoms with Crippen LogP contribution in [-0.2, 0) is 7.05 Å². The molecule has 2 rings (SSSR count). The Morgan fingerprint density at radius 1 is 1.41 bits per heavy atom. The SMILES string of the molecule is CC(C)C1CCN(C(=O)c2cncn2C)CC1. The molecule has 4 nitrogen and oxygen atoms in total. The van der Waals surface area contributed by atoms with Crippen LogP contribution >= 0.6 is 0 Å². The van der Waals surface area contributed by atoms with Crippen molar-refractivity contribution < 1.29 is 4.79 Å². The van der Waals surface area contributed by atoms with Gasteiger partial charge in [0.15, 0.2) is 0 Å². The zero-order valence-corrected chi connectivity index (χ0v) is 10.9. The minimum Gasteiger partial charge on any atom is -0.337 e. The largest absolute Gasteiger partial charge is 0.337 e. The molecule has 1 fully saturated rings. The second-order valence-electron chi connectivity index (χ2n) is 5.26. The lowest BCUT2D eigenvalue weighted by atomic mass is 9.86. The molecular weight excluding hydrogens is 214 g/mol. The van der Waals surface area contributed by atoms with E-state index in [1.807, 2.05) is 11.9 Å². The molecule has 1 saturated heterocycles. The maximum Gasteiger partial charge on any atom is 0.272 e. The number of carbonyl (C=O) groups is 1. The van der Waals surface area contributed by atoms with Crippen molar-refractivity contribution in [2.45, 2.75) is 26.7 Å². The molecule has 0 spiro atoms. The average Bonchev–Trinajstić information content (AvgIpc) is 2.74. The molecule has 1 amide bonds. The second kappa shape index (κ2) is 4.90. The lowest BCUT2D eigenvalue weighted by molar-refractivity contribution is 0.0658. The van der Waals surface area contributed by atoms with Gasteiger partial charge < -0.3 is 9.47 Å². The summed E-state index contributed by atoms with van der Waals surface area (Å²) in [5, 5.41) is 0. The summed E-state index contributed by atoms with van der Waals surface area (Å²) in [5.41, 5.74) is 0.688. The van der Waals surface area contributed by atoms with Gasteiger partial charge in [0.25, 0.3) is 5.91 Å². The molecule has 0 aliphatic carbocycles. The summed E-state index contributed by atoms with van der Waals surface area (Å²) in [6, 6.07) is 0. The molecule has 0 atom stereocenters. The third-order valence-electron chi connectivity index (χ3n) is 3.81. The van der Waals surface area contributed by atoms with Crippen LogP contribution in [-0.4, -0.2) is 33.4 Å². The first-order valence-electron chi connectivity index (χ1n) is 6.35. The Kier molecular flexibility index (Phi) is 3.50. The minimum atomic E-state index is 0.118. The van der Waals surface area contributed by atoms with E-state index in [2.05, 4.69) is 18.8 Å². The molecule has 1 aromatic rings. The van der Waals surface area contributed by atoms with Crippen LogP contribution in [0.15, 0.2) is 12.5 Å². The van der Waals surface area contributed by atoms with Gasteiger partial charge in [-0.2, -0.15) is 0 Å². The van der Waals surface area contributed by atoms with Crippen LogP contribution in [0.1, 0.15) is 37.2 Å². The first kappa shape index (κ1) is 12.1. The van der Waals surface area contributed by atoms with Crippen molar-refractivity contribution in [3.63, 3.8) is 0 Å². The minimum absolute atomic E-state index is 0.118. The fraction of sp³-hybridized carbons (Fsp3) is 0.692. The zero-order chi connectivity index (χ0) is 12.4. The van der Waals surface area contributed by atoms with Gasteiger partial charge in [0, 0.05) is 20.1 Å². The van der Waals surface area contributed by atoms with Crippen molar-refractivity contribution in [1.29, 1.82) is 0 Å². The number of piperidine rings is 1. The Hall–Kier alpha value is -1.32. The summed E-state index contributed by atoms with van der Waals surface area (Å²) in [6.45, 7) is 6.30. The first-order valence-corrected chi connectivity index (χ1v) is 6.35. The van der Waals surface area contributed by atoms with Crippen molar-refractivity contribution >= 4 is 5.91 Å². The third kappa shape index (κ3) is 2.51. The molecule has 1 aliphatic rings. The number of hydrogen-bond acceptors (Lipinski definition) is 2. The Labute approximate surface area is 103 Å². The molecule has 0 bridgehead atoms. The van der Waals surface area contributed by atoms with Crippen LogP contribution in [0.2, 0.25) is 0 Å². The van der Waals surface area contributed by atoms with Crippen molar-refractivity contribution in [2.24, 2.45) is 18.9 Å². The van der Waals surface area contributed by atoms with E-state index < -0.39 is 0 Å². The summed E-state index contributed by atoms with van der Waals surface area (Å²) in [4.78, 5) is 18.2. The molecule has 0 saturated carbocycles. The van der Waals surface area contributed by atoms with Crippen molar-refractivity contribution in [2.75, 3.05) is 13.1 Å². The van der Waals surface area contributed by atoms with Crippen molar-refractivity contribution in [1.82, 2.24) is 14.5 Å². The number of rotatable bonds is 2. The number of aryl methyl sites for hydroxylation is 1. The van der Waals surface area contributed by atoms with Crippen LogP contribution in [0.4, 0.5) is 0 Å². The predicted molar refractivity (Wildman–Crippen MR) is 66.7 cm³/mol. The highest BCUT2D eigenvalue weighted by Gasteiger charge is 2.26. The molecule has 2 heterocycles. The summed E-state index contributed by atoms with van der Waals surface area (Å²) in [5.74, 6) is 1.61. The van der Waals surface area contributed by atoms with Gasteiger partial charge in [-0.25, -0.2) is 4.98 Å². The molecule has 17 heavy (non-hydrogen) atoms. The van der Waals surface area contributed by atoms with Gasteiger partial charge in [-0.05, 0) is 24.7 Å². The molecule has 0 unspecified atom stereocenters. The van der Waals surface area contributed by atoms with Crippen LogP contribution in [0.5, 0.6) is 0 Å². The van der Waals surface area contributed by atoms with Gasteiger partial charge in [-0.15, -0.1) is 0 Å². The number of nitrogens with zero attached hydrogens (tertiary/aromatic N) is 3. The van der Waals surface area contributed by atoms with E-state index >= 15 is 0 Å². The molecule has 0 aromatic carbocycles. The van der Waals surface area contributed by atoms with Gasteiger partial charge in [-0.3, -0.25) is 4.79 Å². The summed E-state index contributed by atoms with van der Waals surface area (Å²) < 4.78 is 1.79. The standard InChI is InChI=1S/C13H21N3O/c1-10(2)11-4-6-16(7-5-11)13(17)12-8-14-9-15(12)3/h8-11H,4-7H2,1-3H3. The fourth-order valence-electron chi connectivity index (χ4n) is 2.49. The number of amides is 1. The molecular formula is C13H21N3O. The van der Waals surface area contributed by atoms with Gasteiger partial charge >= 0.3 is 0 Å². The summed E-state index contributed by atoms with van der Waals surface area (Å²) in [7, 11) is 1.86. The van der Waals surface area contributed by atoms with E-state index in [9.17, 15) is 4.79 Å². The fourth-order valence-corrected chi connectivity index (χ4v) is 2.49. The monoisotopic (exact) mass is 235 g/mol. The van der Waals surface area contributed by atoms with E-state index in [-0.39, 0.29) is 5.91 Å². The highest BCUT2D eigenvalue weighted by molar-refractivity contribution is 5.92. The third-order valence-corrected chi connectivity index (χ3v) is 3.81. The van der Waals surface area contributed by atoms with E-state index in [0.717, 1.165) is 37.8 Å². The van der Waals surface area contributed by atoms with Gasteiger partial charge in [0.05, 0.1) is 12.5 Å². The topological polar surface area (TPSA) is 38.1 Å². The van der Waals surface area contributed by atoms with E-state index in [4.69, 9.17) is 0 Å². The van der Waals surface area contributed by atoms with E-state index in [1.54, 1.807) is 17.1 Å². The van der Waals surface area contributed by atoms with Crippen molar-refractivity contribution in [3.05, 3.63) is 18.2 Å². The summed E-state index contributed by atoms with van der Waals surface area (Å²) >= 11 is 0. The Bertz CT molecular complexity index is 389. The second-order valence-corrected chi connectivity index (χ2v) is 5.26. The lowest BCUT2D eigenvalue weighted by Gasteiger charge is -2.33. The first-order chi connectivity index (χ1) is 8.09. The molecule has 1 aromatic heterocycles. The van der Waals surface area contributed by atoms with Gasteiger partial charge in [0.1, 0.15) is 5.69 Å². The van der Waals surface area contributed by atoms with E-state index in [1.165, 1.54) is 0 Å². The highest BCUT2D eigenvalue weighted by Crippen LogP contribution is 2.25. The van der Waals surface area contributed by atoms with Gasteiger partial charge in [-0.1, -0.05) is 13.8 Å². The molecule has 4 heteroatoms. The smallest absolute Gasteiger partial charge is 0.272 e. The van der Waals surface area contributed by atoms with Crippen LogP contribution < -0.4 is 0 Å². The average molecular weight is 235 g/mol. The Morgan fingerprint density at radius 2 is 2.06 bits per heavy atom. The Morgan fingerprint density at radius 3 is 2.53 bits per heavy atom. The van der Waals surface area contributed by atoms with Crippen LogP contribution in [0, 0.1) is 11.8 Å². The maximum absolute atomic E-state index is 12.2. The molecule has 94 valence electrons. The highest BCUT2D eigenvalue weighted by atomic mass is 16.2. The number of likely N-dealkylation sites (tertiary alicyclic amines) is 1. The predicted octanol–water partition coefficient (Wildman–Crippen LogP) is 1.93. The Balaban J connectivity index is 1.98. The molecule has 0 N–H and O–H groups in total. The normalized spacial score (nSPS) is 17.8. The van der Waals surface area contributed by atoms with Crippen molar-refractivity contribution in [3.8, 4) is 0 Å². The molecule has 0 radical (unpaired) electrons. The maximum atomic E-state index is 12.2. The van der Waals surface area contributed by atoms with E-state index in [0.29, 0.717) is 5.69 Å². The summed E-state index contributed by atoms with van der Waals surface area (Å²) in [6.07, 6.45) is 5.58. The van der Waals surface area contributed by atoms with Crippen LogP contribution in [0.3, 0.4) is 0 Å². The number of hydrogen-bond donors (Lipinski definition) is 0. The van der Waals surface area contributed by atoms with Crippen LogP contribution in [0.25, 0.3) is 0 Å². The lowest BCUT2D eigenvalue weighted by Crippen LogP contribution is -2.40. The number of aromatic nitrogens is 2. The zero-order valence-electron chi connectivity index (χ0n) is 10.9. The molecule has 1 aliphatic heterocycles.